The molecule has 11 heteroatoms. The van der Waals surface area contributed by atoms with E-state index in [9.17, 15) is 13.2 Å². The second-order valence-electron chi connectivity index (χ2n) is 5.88. The minimum atomic E-state index is -3.47. The van der Waals surface area contributed by atoms with Gasteiger partial charge in [-0.05, 0) is 23.8 Å². The van der Waals surface area contributed by atoms with Gasteiger partial charge in [-0.15, -0.1) is 10.2 Å². The Labute approximate surface area is 171 Å². The molecule has 3 rings (SSSR count). The molecule has 0 saturated heterocycles. The van der Waals surface area contributed by atoms with Crippen molar-refractivity contribution in [1.29, 1.82) is 0 Å². The third-order valence-electron chi connectivity index (χ3n) is 3.58. The standard InChI is InChI=1S/C18H18N4O5S2/c1-26-15-10-13(8-9-14(15)27-11-12-6-4-3-5-7-12)16(23)19-17-20-21-18(28-17)22-29(2,24)25/h3-10H,11H2,1-2H3,(H,21,22)(H,19,20,23). The number of hydrogen-bond acceptors (Lipinski definition) is 8. The van der Waals surface area contributed by atoms with E-state index in [2.05, 4.69) is 20.2 Å². The molecule has 0 radical (unpaired) electrons. The number of hydrogen-bond donors (Lipinski definition) is 2. The van der Waals surface area contributed by atoms with E-state index in [0.29, 0.717) is 23.7 Å². The van der Waals surface area contributed by atoms with Crippen LogP contribution in [0.15, 0.2) is 48.5 Å². The number of amides is 1. The zero-order valence-corrected chi connectivity index (χ0v) is 17.2. The molecule has 1 heterocycles. The highest BCUT2D eigenvalue weighted by molar-refractivity contribution is 7.92. The number of anilines is 2. The molecule has 0 aliphatic heterocycles. The maximum atomic E-state index is 12.5. The van der Waals surface area contributed by atoms with E-state index < -0.39 is 15.9 Å². The number of sulfonamides is 1. The van der Waals surface area contributed by atoms with E-state index in [-0.39, 0.29) is 10.3 Å². The number of rotatable bonds is 8. The Morgan fingerprint density at radius 3 is 2.48 bits per heavy atom. The van der Waals surface area contributed by atoms with Crippen LogP contribution in [-0.4, -0.2) is 37.9 Å². The summed E-state index contributed by atoms with van der Waals surface area (Å²) in [5.41, 5.74) is 1.33. The Morgan fingerprint density at radius 2 is 1.79 bits per heavy atom. The van der Waals surface area contributed by atoms with Gasteiger partial charge in [-0.1, -0.05) is 41.7 Å². The quantitative estimate of drug-likeness (QED) is 0.559. The van der Waals surface area contributed by atoms with Crippen LogP contribution in [0.3, 0.4) is 0 Å². The first-order valence-electron chi connectivity index (χ1n) is 8.31. The predicted octanol–water partition coefficient (Wildman–Crippen LogP) is 2.75. The summed E-state index contributed by atoms with van der Waals surface area (Å²) in [4.78, 5) is 12.5. The smallest absolute Gasteiger partial charge is 0.257 e. The van der Waals surface area contributed by atoms with Crippen molar-refractivity contribution in [2.75, 3.05) is 23.4 Å². The first-order valence-corrected chi connectivity index (χ1v) is 11.0. The van der Waals surface area contributed by atoms with Crippen LogP contribution in [0.2, 0.25) is 0 Å². The van der Waals surface area contributed by atoms with Gasteiger partial charge in [0.15, 0.2) is 11.5 Å². The molecule has 0 aliphatic carbocycles. The molecular formula is C18H18N4O5S2. The Morgan fingerprint density at radius 1 is 1.07 bits per heavy atom. The van der Waals surface area contributed by atoms with Gasteiger partial charge in [0.1, 0.15) is 6.61 Å². The van der Waals surface area contributed by atoms with Crippen LogP contribution in [0.4, 0.5) is 10.3 Å². The first kappa shape index (κ1) is 20.6. The highest BCUT2D eigenvalue weighted by Crippen LogP contribution is 2.29. The normalized spacial score (nSPS) is 11.0. The lowest BCUT2D eigenvalue weighted by Gasteiger charge is -2.12. The third kappa shape index (κ3) is 5.90. The van der Waals surface area contributed by atoms with Crippen molar-refractivity contribution in [3.8, 4) is 11.5 Å². The molecule has 0 spiro atoms. The summed E-state index contributed by atoms with van der Waals surface area (Å²) < 4.78 is 35.7. The van der Waals surface area contributed by atoms with Crippen molar-refractivity contribution in [3.05, 3.63) is 59.7 Å². The summed E-state index contributed by atoms with van der Waals surface area (Å²) in [5.74, 6) is 0.466. The molecule has 0 fully saturated rings. The van der Waals surface area contributed by atoms with Gasteiger partial charge < -0.3 is 9.47 Å². The molecule has 1 amide bonds. The lowest BCUT2D eigenvalue weighted by atomic mass is 10.2. The second kappa shape index (κ2) is 8.88. The molecule has 0 unspecified atom stereocenters. The van der Waals surface area contributed by atoms with Gasteiger partial charge in [-0.25, -0.2) is 8.42 Å². The predicted molar refractivity (Wildman–Crippen MR) is 110 cm³/mol. The largest absolute Gasteiger partial charge is 0.493 e. The average molecular weight is 434 g/mol. The van der Waals surface area contributed by atoms with Gasteiger partial charge in [0.2, 0.25) is 20.3 Å². The molecular weight excluding hydrogens is 416 g/mol. The lowest BCUT2D eigenvalue weighted by Crippen LogP contribution is -2.12. The molecule has 29 heavy (non-hydrogen) atoms. The van der Waals surface area contributed by atoms with Gasteiger partial charge in [0, 0.05) is 5.56 Å². The number of ether oxygens (including phenoxy) is 2. The minimum Gasteiger partial charge on any atom is -0.493 e. The number of nitrogens with one attached hydrogen (secondary N) is 2. The molecule has 0 bridgehead atoms. The Kier molecular flexibility index (Phi) is 6.29. The van der Waals surface area contributed by atoms with Crippen molar-refractivity contribution < 1.29 is 22.7 Å². The number of carbonyl (C=O) groups is 1. The van der Waals surface area contributed by atoms with Crippen LogP contribution in [-0.2, 0) is 16.6 Å². The van der Waals surface area contributed by atoms with Crippen LogP contribution in [0.5, 0.6) is 11.5 Å². The summed E-state index contributed by atoms with van der Waals surface area (Å²) in [6.07, 6.45) is 1.00. The van der Waals surface area contributed by atoms with Gasteiger partial charge in [-0.2, -0.15) is 0 Å². The Balaban J connectivity index is 1.68. The summed E-state index contributed by atoms with van der Waals surface area (Å²) in [7, 11) is -1.98. The van der Waals surface area contributed by atoms with Crippen molar-refractivity contribution in [2.45, 2.75) is 6.61 Å². The lowest BCUT2D eigenvalue weighted by molar-refractivity contribution is 0.102. The monoisotopic (exact) mass is 434 g/mol. The van der Waals surface area contributed by atoms with Gasteiger partial charge >= 0.3 is 0 Å². The number of carbonyl (C=O) groups excluding carboxylic acids is 1. The third-order valence-corrected chi connectivity index (χ3v) is 5.03. The van der Waals surface area contributed by atoms with Crippen LogP contribution < -0.4 is 19.5 Å². The van der Waals surface area contributed by atoms with Gasteiger partial charge in [-0.3, -0.25) is 14.8 Å². The minimum absolute atomic E-state index is 0.0602. The summed E-state index contributed by atoms with van der Waals surface area (Å²) in [6, 6.07) is 14.5. The van der Waals surface area contributed by atoms with E-state index in [4.69, 9.17) is 9.47 Å². The van der Waals surface area contributed by atoms with E-state index >= 15 is 0 Å². The molecule has 2 aromatic carbocycles. The topological polar surface area (TPSA) is 120 Å². The van der Waals surface area contributed by atoms with Crippen LogP contribution >= 0.6 is 11.3 Å². The second-order valence-corrected chi connectivity index (χ2v) is 8.61. The fraction of sp³-hybridized carbons (Fsp3) is 0.167. The van der Waals surface area contributed by atoms with E-state index in [1.165, 1.54) is 7.11 Å². The maximum absolute atomic E-state index is 12.5. The molecule has 0 atom stereocenters. The number of methoxy groups -OCH3 is 1. The van der Waals surface area contributed by atoms with Gasteiger partial charge in [0.25, 0.3) is 5.91 Å². The van der Waals surface area contributed by atoms with Crippen LogP contribution in [0, 0.1) is 0 Å². The summed E-state index contributed by atoms with van der Waals surface area (Å²) >= 11 is 0.901. The van der Waals surface area contributed by atoms with Crippen molar-refractivity contribution in [2.24, 2.45) is 0 Å². The summed E-state index contributed by atoms with van der Waals surface area (Å²) in [5, 5.41) is 10.2. The van der Waals surface area contributed by atoms with Crippen molar-refractivity contribution in [3.63, 3.8) is 0 Å². The summed E-state index contributed by atoms with van der Waals surface area (Å²) in [6.45, 7) is 0.365. The first-order chi connectivity index (χ1) is 13.8. The van der Waals surface area contributed by atoms with E-state index in [1.54, 1.807) is 18.2 Å². The fourth-order valence-electron chi connectivity index (χ4n) is 2.31. The average Bonchev–Trinajstić information content (AvgIpc) is 3.11. The number of benzene rings is 2. The molecule has 152 valence electrons. The van der Waals surface area contributed by atoms with Crippen LogP contribution in [0.25, 0.3) is 0 Å². The van der Waals surface area contributed by atoms with Crippen molar-refractivity contribution in [1.82, 2.24) is 10.2 Å². The van der Waals surface area contributed by atoms with Crippen LogP contribution in [0.1, 0.15) is 15.9 Å². The fourth-order valence-corrected chi connectivity index (χ4v) is 3.78. The molecule has 0 aliphatic rings. The molecule has 9 nitrogen and oxygen atoms in total. The van der Waals surface area contributed by atoms with E-state index in [1.807, 2.05) is 30.3 Å². The highest BCUT2D eigenvalue weighted by Gasteiger charge is 2.15. The SMILES string of the molecule is COc1cc(C(=O)Nc2nnc(NS(C)(=O)=O)s2)ccc1OCc1ccccc1. The molecule has 3 aromatic rings. The number of aromatic nitrogens is 2. The molecule has 0 saturated carbocycles. The molecule has 1 aromatic heterocycles. The van der Waals surface area contributed by atoms with Crippen molar-refractivity contribution >= 4 is 37.5 Å². The van der Waals surface area contributed by atoms with Gasteiger partial charge in [0.05, 0.1) is 13.4 Å². The maximum Gasteiger partial charge on any atom is 0.257 e. The Bertz CT molecular complexity index is 1100. The zero-order valence-electron chi connectivity index (χ0n) is 15.6. The van der Waals surface area contributed by atoms with E-state index in [0.717, 1.165) is 23.2 Å². The number of nitrogens with zero attached hydrogens (tertiary/aromatic N) is 2. The highest BCUT2D eigenvalue weighted by atomic mass is 32.2. The molecule has 2 N–H and O–H groups in total. The zero-order chi connectivity index (χ0) is 20.9. The Hall–Kier alpha value is -3.18.